The molecule has 0 unspecified atom stereocenters. The molecule has 0 fully saturated rings. The summed E-state index contributed by atoms with van der Waals surface area (Å²) in [6, 6.07) is 22.0. The molecule has 6 heteroatoms. The predicted molar refractivity (Wildman–Crippen MR) is 117 cm³/mol. The number of hydrogen-bond acceptors (Lipinski definition) is 3. The van der Waals surface area contributed by atoms with Gasteiger partial charge in [0.1, 0.15) is 5.75 Å². The molecule has 152 valence electrons. The van der Waals surface area contributed by atoms with E-state index >= 15 is 0 Å². The topological polar surface area (TPSA) is 58.6 Å². The summed E-state index contributed by atoms with van der Waals surface area (Å²) in [5, 5.41) is 3.41. The van der Waals surface area contributed by atoms with Gasteiger partial charge in [0.25, 0.3) is 11.8 Å². The molecule has 0 aromatic heterocycles. The normalized spacial score (nSPS) is 12.8. The lowest BCUT2D eigenvalue weighted by Crippen LogP contribution is -2.36. The van der Waals surface area contributed by atoms with Crippen molar-refractivity contribution in [3.63, 3.8) is 0 Å². The van der Waals surface area contributed by atoms with E-state index in [1.807, 2.05) is 53.4 Å². The lowest BCUT2D eigenvalue weighted by molar-refractivity contribution is -0.118. The van der Waals surface area contributed by atoms with E-state index in [0.29, 0.717) is 35.1 Å². The highest BCUT2D eigenvalue weighted by Crippen LogP contribution is 2.24. The highest BCUT2D eigenvalue weighted by molar-refractivity contribution is 6.30. The number of benzene rings is 3. The number of hydrogen-bond donors (Lipinski definition) is 1. The zero-order valence-electron chi connectivity index (χ0n) is 16.3. The molecule has 0 aliphatic carbocycles. The quantitative estimate of drug-likeness (QED) is 0.658. The number of carbonyl (C=O) groups is 2. The van der Waals surface area contributed by atoms with Gasteiger partial charge >= 0.3 is 0 Å². The van der Waals surface area contributed by atoms with Gasteiger partial charge < -0.3 is 15.0 Å². The maximum atomic E-state index is 12.7. The maximum absolute atomic E-state index is 12.7. The highest BCUT2D eigenvalue weighted by Gasteiger charge is 2.22. The van der Waals surface area contributed by atoms with Crippen LogP contribution in [0.3, 0.4) is 0 Å². The minimum atomic E-state index is -0.261. The number of anilines is 1. The Morgan fingerprint density at radius 3 is 2.60 bits per heavy atom. The van der Waals surface area contributed by atoms with Crippen molar-refractivity contribution >= 4 is 29.1 Å². The van der Waals surface area contributed by atoms with Crippen LogP contribution in [0.2, 0.25) is 5.02 Å². The second-order valence-corrected chi connectivity index (χ2v) is 7.56. The molecule has 0 bridgehead atoms. The number of fused-ring (bicyclic) bond motifs is 1. The first-order valence-electron chi connectivity index (χ1n) is 9.73. The Morgan fingerprint density at radius 2 is 1.80 bits per heavy atom. The summed E-state index contributed by atoms with van der Waals surface area (Å²) in [6.45, 7) is 1.09. The molecule has 0 saturated heterocycles. The number of rotatable bonds is 5. The molecule has 0 atom stereocenters. The van der Waals surface area contributed by atoms with Gasteiger partial charge in [-0.1, -0.05) is 41.9 Å². The predicted octanol–water partition coefficient (Wildman–Crippen LogP) is 4.56. The zero-order valence-corrected chi connectivity index (χ0v) is 17.1. The van der Waals surface area contributed by atoms with Crippen LogP contribution in [0.15, 0.2) is 72.8 Å². The van der Waals surface area contributed by atoms with Gasteiger partial charge in [0, 0.05) is 29.4 Å². The van der Waals surface area contributed by atoms with Crippen LogP contribution >= 0.6 is 11.6 Å². The number of nitrogens with zero attached hydrogens (tertiary/aromatic N) is 1. The second-order valence-electron chi connectivity index (χ2n) is 7.12. The summed E-state index contributed by atoms with van der Waals surface area (Å²) < 4.78 is 5.48. The third-order valence-corrected chi connectivity index (χ3v) is 5.21. The van der Waals surface area contributed by atoms with Crippen molar-refractivity contribution in [2.45, 2.75) is 13.0 Å². The molecule has 1 aliphatic rings. The van der Waals surface area contributed by atoms with Gasteiger partial charge in [-0.15, -0.1) is 0 Å². The molecule has 0 radical (unpaired) electrons. The average Bonchev–Trinajstić information content (AvgIpc) is 2.77. The Kier molecular flexibility index (Phi) is 6.00. The molecular formula is C24H21ClN2O3. The van der Waals surface area contributed by atoms with E-state index in [9.17, 15) is 9.59 Å². The largest absolute Gasteiger partial charge is 0.484 e. The van der Waals surface area contributed by atoms with E-state index in [4.69, 9.17) is 16.3 Å². The first-order valence-corrected chi connectivity index (χ1v) is 10.1. The Hall–Kier alpha value is -3.31. The Balaban J connectivity index is 1.39. The number of halogens is 1. The molecule has 0 saturated carbocycles. The summed E-state index contributed by atoms with van der Waals surface area (Å²) in [6.07, 6.45) is 0.792. The minimum absolute atomic E-state index is 0.0191. The van der Waals surface area contributed by atoms with Gasteiger partial charge in [0.05, 0.1) is 0 Å². The Bertz CT molecular complexity index is 1070. The number of nitrogens with one attached hydrogen (secondary N) is 1. The second kappa shape index (κ2) is 9.01. The SMILES string of the molecule is O=C(COc1cccc(Cl)c1)Nc1ccc2c(c1)CN(C(=O)c1ccccc1)CC2. The highest BCUT2D eigenvalue weighted by atomic mass is 35.5. The van der Waals surface area contributed by atoms with Gasteiger partial charge in [-0.3, -0.25) is 9.59 Å². The van der Waals surface area contributed by atoms with Crippen LogP contribution in [0.4, 0.5) is 5.69 Å². The fraction of sp³-hybridized carbons (Fsp3) is 0.167. The molecular weight excluding hydrogens is 400 g/mol. The summed E-state index contributed by atoms with van der Waals surface area (Å²) in [5.74, 6) is 0.298. The van der Waals surface area contributed by atoms with Crippen LogP contribution in [0, 0.1) is 0 Å². The zero-order chi connectivity index (χ0) is 20.9. The van der Waals surface area contributed by atoms with Crippen molar-refractivity contribution in [2.75, 3.05) is 18.5 Å². The molecule has 0 spiro atoms. The summed E-state index contributed by atoms with van der Waals surface area (Å²) in [5.41, 5.74) is 3.60. The van der Waals surface area contributed by atoms with Gasteiger partial charge in [-0.2, -0.15) is 0 Å². The van der Waals surface area contributed by atoms with Crippen LogP contribution in [0.25, 0.3) is 0 Å². The molecule has 1 heterocycles. The first-order chi connectivity index (χ1) is 14.6. The van der Waals surface area contributed by atoms with Crippen molar-refractivity contribution in [1.82, 2.24) is 4.90 Å². The molecule has 3 aromatic carbocycles. The monoisotopic (exact) mass is 420 g/mol. The Labute approximate surface area is 180 Å². The van der Waals surface area contributed by atoms with Crippen molar-refractivity contribution in [3.05, 3.63) is 94.5 Å². The van der Waals surface area contributed by atoms with E-state index in [2.05, 4.69) is 5.32 Å². The van der Waals surface area contributed by atoms with Gasteiger partial charge in [0.15, 0.2) is 6.61 Å². The molecule has 5 nitrogen and oxygen atoms in total. The van der Waals surface area contributed by atoms with Crippen molar-refractivity contribution in [1.29, 1.82) is 0 Å². The third kappa shape index (κ3) is 4.81. The fourth-order valence-electron chi connectivity index (χ4n) is 3.47. The van der Waals surface area contributed by atoms with Crippen molar-refractivity contribution in [2.24, 2.45) is 0 Å². The van der Waals surface area contributed by atoms with E-state index in [1.165, 1.54) is 5.56 Å². The van der Waals surface area contributed by atoms with E-state index in [0.717, 1.165) is 12.0 Å². The third-order valence-electron chi connectivity index (χ3n) is 4.98. The van der Waals surface area contributed by atoms with E-state index < -0.39 is 0 Å². The summed E-state index contributed by atoms with van der Waals surface area (Å²) in [7, 11) is 0. The van der Waals surface area contributed by atoms with E-state index in [1.54, 1.807) is 24.3 Å². The molecule has 30 heavy (non-hydrogen) atoms. The number of amides is 2. The van der Waals surface area contributed by atoms with Crippen LogP contribution in [-0.4, -0.2) is 29.9 Å². The van der Waals surface area contributed by atoms with Crippen LogP contribution in [0.5, 0.6) is 5.75 Å². The first kappa shape index (κ1) is 20.0. The molecule has 3 aromatic rings. The standard InChI is InChI=1S/C24H21ClN2O3/c25-20-7-4-8-22(14-20)30-16-23(28)26-21-10-9-17-11-12-27(15-19(17)13-21)24(29)18-5-2-1-3-6-18/h1-10,13-14H,11-12,15-16H2,(H,26,28). The lowest BCUT2D eigenvalue weighted by atomic mass is 9.98. The van der Waals surface area contributed by atoms with Crippen LogP contribution in [0.1, 0.15) is 21.5 Å². The molecule has 2 amide bonds. The van der Waals surface area contributed by atoms with Gasteiger partial charge in [-0.25, -0.2) is 0 Å². The van der Waals surface area contributed by atoms with Gasteiger partial charge in [-0.05, 0) is 60.0 Å². The molecule has 4 rings (SSSR count). The van der Waals surface area contributed by atoms with E-state index in [-0.39, 0.29) is 18.4 Å². The maximum Gasteiger partial charge on any atom is 0.262 e. The smallest absolute Gasteiger partial charge is 0.262 e. The average molecular weight is 421 g/mol. The molecule has 1 aliphatic heterocycles. The Morgan fingerprint density at radius 1 is 0.967 bits per heavy atom. The number of ether oxygens (including phenoxy) is 1. The summed E-state index contributed by atoms with van der Waals surface area (Å²) >= 11 is 5.92. The minimum Gasteiger partial charge on any atom is -0.484 e. The van der Waals surface area contributed by atoms with Gasteiger partial charge in [0.2, 0.25) is 0 Å². The lowest BCUT2D eigenvalue weighted by Gasteiger charge is -2.29. The van der Waals surface area contributed by atoms with Crippen LogP contribution < -0.4 is 10.1 Å². The fourth-order valence-corrected chi connectivity index (χ4v) is 3.65. The summed E-state index contributed by atoms with van der Waals surface area (Å²) in [4.78, 5) is 26.8. The molecule has 1 N–H and O–H groups in total. The van der Waals surface area contributed by atoms with Crippen LogP contribution in [-0.2, 0) is 17.8 Å². The van der Waals surface area contributed by atoms with Crippen molar-refractivity contribution in [3.8, 4) is 5.75 Å². The number of carbonyl (C=O) groups excluding carboxylic acids is 2. The van der Waals surface area contributed by atoms with Crippen molar-refractivity contribution < 1.29 is 14.3 Å².